The number of pyridine rings is 1. The summed E-state index contributed by atoms with van der Waals surface area (Å²) in [7, 11) is 0. The number of para-hydroxylation sites is 1. The predicted octanol–water partition coefficient (Wildman–Crippen LogP) is 4.48. The van der Waals surface area contributed by atoms with Crippen LogP contribution in [0.2, 0.25) is 5.02 Å². The van der Waals surface area contributed by atoms with E-state index in [0.29, 0.717) is 17.1 Å². The van der Waals surface area contributed by atoms with E-state index in [9.17, 15) is 9.59 Å². The first-order chi connectivity index (χ1) is 13.6. The van der Waals surface area contributed by atoms with Crippen LogP contribution in [0.1, 0.15) is 38.9 Å². The van der Waals surface area contributed by atoms with Crippen molar-refractivity contribution in [1.82, 2.24) is 10.3 Å². The van der Waals surface area contributed by atoms with Crippen LogP contribution in [-0.4, -0.2) is 16.8 Å². The number of carbonyl (C=O) groups excluding carboxylic acids is 2. The van der Waals surface area contributed by atoms with Crippen LogP contribution < -0.4 is 10.6 Å². The Kier molecular flexibility index (Phi) is 6.40. The number of carbonyl (C=O) groups is 2. The number of nitrogens with zero attached hydrogens (tertiary/aromatic N) is 1. The van der Waals surface area contributed by atoms with Crippen molar-refractivity contribution in [3.05, 3.63) is 94.3 Å². The number of amides is 2. The molecule has 0 bridgehead atoms. The van der Waals surface area contributed by atoms with E-state index in [1.807, 2.05) is 43.3 Å². The van der Waals surface area contributed by atoms with Crippen LogP contribution in [0.3, 0.4) is 0 Å². The van der Waals surface area contributed by atoms with Crippen LogP contribution in [0, 0.1) is 0 Å². The first-order valence-corrected chi connectivity index (χ1v) is 9.32. The van der Waals surface area contributed by atoms with Crippen LogP contribution in [0.4, 0.5) is 5.69 Å². The monoisotopic (exact) mass is 393 g/mol. The van der Waals surface area contributed by atoms with Crippen LogP contribution in [0.15, 0.2) is 66.9 Å². The largest absolute Gasteiger partial charge is 0.347 e. The molecule has 2 N–H and O–H groups in total. The molecule has 0 radical (unpaired) electrons. The molecule has 0 atom stereocenters. The fourth-order valence-corrected chi connectivity index (χ4v) is 2.84. The number of aromatic nitrogens is 1. The van der Waals surface area contributed by atoms with Crippen molar-refractivity contribution >= 4 is 29.1 Å². The normalized spacial score (nSPS) is 10.4. The minimum absolute atomic E-state index is 0.186. The molecule has 0 unspecified atom stereocenters. The average molecular weight is 394 g/mol. The first kappa shape index (κ1) is 19.6. The number of hydrogen-bond donors (Lipinski definition) is 2. The van der Waals surface area contributed by atoms with Gasteiger partial charge in [-0.3, -0.25) is 14.6 Å². The number of nitrogens with one attached hydrogen (secondary N) is 2. The Hall–Kier alpha value is -3.18. The number of anilines is 1. The van der Waals surface area contributed by atoms with Gasteiger partial charge in [-0.25, -0.2) is 0 Å². The minimum atomic E-state index is -0.349. The summed E-state index contributed by atoms with van der Waals surface area (Å²) < 4.78 is 0. The van der Waals surface area contributed by atoms with E-state index in [-0.39, 0.29) is 17.5 Å². The quantitative estimate of drug-likeness (QED) is 0.648. The zero-order valence-corrected chi connectivity index (χ0v) is 16.2. The van der Waals surface area contributed by atoms with Gasteiger partial charge in [0.1, 0.15) is 5.69 Å². The molecule has 1 aromatic heterocycles. The molecule has 0 spiro atoms. The maximum atomic E-state index is 12.6. The van der Waals surface area contributed by atoms with Gasteiger partial charge in [-0.15, -0.1) is 0 Å². The van der Waals surface area contributed by atoms with Gasteiger partial charge in [0.25, 0.3) is 11.8 Å². The molecule has 0 aliphatic carbocycles. The van der Waals surface area contributed by atoms with Crippen molar-refractivity contribution in [3.63, 3.8) is 0 Å². The molecule has 2 amide bonds. The summed E-state index contributed by atoms with van der Waals surface area (Å²) in [6.07, 6.45) is 2.27. The van der Waals surface area contributed by atoms with E-state index < -0.39 is 0 Å². The standard InChI is InChI=1S/C22H20ClN3O2/c1-2-16-5-3-4-6-19(16)26-21(27)17-11-12-24-20(13-17)22(28)25-14-15-7-9-18(23)10-8-15/h3-13H,2,14H2,1H3,(H,25,28)(H,26,27). The highest BCUT2D eigenvalue weighted by atomic mass is 35.5. The molecule has 3 aromatic rings. The molecule has 5 nitrogen and oxygen atoms in total. The van der Waals surface area contributed by atoms with Crippen molar-refractivity contribution < 1.29 is 9.59 Å². The molecule has 0 saturated carbocycles. The van der Waals surface area contributed by atoms with Gasteiger partial charge in [0, 0.05) is 29.0 Å². The van der Waals surface area contributed by atoms with E-state index in [1.165, 1.54) is 12.3 Å². The highest BCUT2D eigenvalue weighted by molar-refractivity contribution is 6.30. The molecule has 142 valence electrons. The molecule has 0 aliphatic heterocycles. The highest BCUT2D eigenvalue weighted by Crippen LogP contribution is 2.17. The molecule has 6 heteroatoms. The third kappa shape index (κ3) is 4.96. The topological polar surface area (TPSA) is 71.1 Å². The average Bonchev–Trinajstić information content (AvgIpc) is 2.73. The molecular formula is C22H20ClN3O2. The van der Waals surface area contributed by atoms with Gasteiger partial charge in [0.2, 0.25) is 0 Å². The van der Waals surface area contributed by atoms with E-state index in [2.05, 4.69) is 15.6 Å². The lowest BCUT2D eigenvalue weighted by Crippen LogP contribution is -2.24. The summed E-state index contributed by atoms with van der Waals surface area (Å²) in [5.41, 5.74) is 3.29. The molecule has 28 heavy (non-hydrogen) atoms. The maximum absolute atomic E-state index is 12.6. The number of halogens is 1. The Morgan fingerprint density at radius 1 is 1.00 bits per heavy atom. The van der Waals surface area contributed by atoms with Crippen LogP contribution in [0.25, 0.3) is 0 Å². The number of aryl methyl sites for hydroxylation is 1. The Morgan fingerprint density at radius 3 is 2.50 bits per heavy atom. The first-order valence-electron chi connectivity index (χ1n) is 8.94. The molecule has 0 fully saturated rings. The van der Waals surface area contributed by atoms with Gasteiger partial charge in [-0.2, -0.15) is 0 Å². The number of rotatable bonds is 6. The van der Waals surface area contributed by atoms with E-state index in [4.69, 9.17) is 11.6 Å². The highest BCUT2D eigenvalue weighted by Gasteiger charge is 2.13. The Labute approximate surface area is 168 Å². The Morgan fingerprint density at radius 2 is 1.75 bits per heavy atom. The van der Waals surface area contributed by atoms with E-state index in [0.717, 1.165) is 23.2 Å². The summed E-state index contributed by atoms with van der Waals surface area (Å²) in [5.74, 6) is -0.631. The SMILES string of the molecule is CCc1ccccc1NC(=O)c1ccnc(C(=O)NCc2ccc(Cl)cc2)c1. The van der Waals surface area contributed by atoms with E-state index >= 15 is 0 Å². The van der Waals surface area contributed by atoms with Crippen molar-refractivity contribution in [3.8, 4) is 0 Å². The lowest BCUT2D eigenvalue weighted by molar-refractivity contribution is 0.0946. The summed E-state index contributed by atoms with van der Waals surface area (Å²) >= 11 is 5.86. The van der Waals surface area contributed by atoms with Crippen LogP contribution in [0.5, 0.6) is 0 Å². The van der Waals surface area contributed by atoms with Crippen molar-refractivity contribution in [2.75, 3.05) is 5.32 Å². The van der Waals surface area contributed by atoms with Crippen molar-refractivity contribution in [2.24, 2.45) is 0 Å². The van der Waals surface area contributed by atoms with Gasteiger partial charge >= 0.3 is 0 Å². The zero-order chi connectivity index (χ0) is 19.9. The third-order valence-electron chi connectivity index (χ3n) is 4.27. The molecule has 0 saturated heterocycles. The van der Waals surface area contributed by atoms with Crippen molar-refractivity contribution in [1.29, 1.82) is 0 Å². The molecular weight excluding hydrogens is 374 g/mol. The van der Waals surface area contributed by atoms with Gasteiger partial charge in [-0.1, -0.05) is 48.9 Å². The van der Waals surface area contributed by atoms with Gasteiger partial charge < -0.3 is 10.6 Å². The lowest BCUT2D eigenvalue weighted by Gasteiger charge is -2.10. The van der Waals surface area contributed by atoms with Gasteiger partial charge in [0.15, 0.2) is 0 Å². The fraction of sp³-hybridized carbons (Fsp3) is 0.136. The van der Waals surface area contributed by atoms with Gasteiger partial charge in [0.05, 0.1) is 0 Å². The lowest BCUT2D eigenvalue weighted by atomic mass is 10.1. The van der Waals surface area contributed by atoms with Crippen molar-refractivity contribution in [2.45, 2.75) is 19.9 Å². The maximum Gasteiger partial charge on any atom is 0.270 e. The van der Waals surface area contributed by atoms with Gasteiger partial charge in [-0.05, 0) is 47.9 Å². The van der Waals surface area contributed by atoms with E-state index in [1.54, 1.807) is 18.2 Å². The fourth-order valence-electron chi connectivity index (χ4n) is 2.72. The second kappa shape index (κ2) is 9.15. The molecule has 0 aliphatic rings. The Bertz CT molecular complexity index is 987. The molecule has 1 heterocycles. The summed E-state index contributed by atoms with van der Waals surface area (Å²) in [6, 6.07) is 17.9. The zero-order valence-electron chi connectivity index (χ0n) is 15.4. The Balaban J connectivity index is 1.68. The smallest absolute Gasteiger partial charge is 0.270 e. The third-order valence-corrected chi connectivity index (χ3v) is 4.52. The second-order valence-electron chi connectivity index (χ2n) is 6.20. The summed E-state index contributed by atoms with van der Waals surface area (Å²) in [4.78, 5) is 29.0. The molecule has 2 aromatic carbocycles. The predicted molar refractivity (Wildman–Crippen MR) is 111 cm³/mol. The minimum Gasteiger partial charge on any atom is -0.347 e. The van der Waals surface area contributed by atoms with Crippen LogP contribution in [-0.2, 0) is 13.0 Å². The number of hydrogen-bond acceptors (Lipinski definition) is 3. The van der Waals surface area contributed by atoms with Crippen LogP contribution >= 0.6 is 11.6 Å². The summed E-state index contributed by atoms with van der Waals surface area (Å²) in [6.45, 7) is 2.37. The number of benzene rings is 2. The molecule has 3 rings (SSSR count). The summed E-state index contributed by atoms with van der Waals surface area (Å²) in [5, 5.41) is 6.33. The second-order valence-corrected chi connectivity index (χ2v) is 6.64.